The normalized spacial score (nSPS) is 14.9. The maximum absolute atomic E-state index is 11.7. The summed E-state index contributed by atoms with van der Waals surface area (Å²) in [6, 6.07) is 30.9. The molecule has 0 fully saturated rings. The third kappa shape index (κ3) is 11.7. The first-order valence-electron chi connectivity index (χ1n) is 16.7. The minimum atomic E-state index is -2.73. The van der Waals surface area contributed by atoms with E-state index in [2.05, 4.69) is 49.6 Å². The SMILES string of the molecule is C=CC(=O)OCCCOCC(CC)(COCC(O)C[PH](c1ccccc1)(c1ccccc1)c1ccccc1)C(O)CC(O)COC(=O)C=C. The fourth-order valence-corrected chi connectivity index (χ4v) is 10.8. The second-order valence-corrected chi connectivity index (χ2v) is 16.1. The molecule has 4 unspecified atom stereocenters. The van der Waals surface area contributed by atoms with E-state index < -0.39 is 42.9 Å². The molecule has 0 saturated heterocycles. The van der Waals surface area contributed by atoms with Gasteiger partial charge in [0.15, 0.2) is 0 Å². The van der Waals surface area contributed by atoms with Gasteiger partial charge < -0.3 is 0 Å². The van der Waals surface area contributed by atoms with E-state index in [0.29, 0.717) is 19.0 Å². The van der Waals surface area contributed by atoms with Crippen LogP contribution in [0.3, 0.4) is 0 Å². The van der Waals surface area contributed by atoms with Crippen LogP contribution < -0.4 is 15.9 Å². The number of aliphatic hydroxyl groups is 3. The third-order valence-corrected chi connectivity index (χ3v) is 13.8. The Hall–Kier alpha value is -3.69. The molecule has 266 valence electrons. The van der Waals surface area contributed by atoms with E-state index in [1.165, 1.54) is 15.9 Å². The molecule has 3 aromatic carbocycles. The molecule has 0 amide bonds. The number of benzene rings is 3. The van der Waals surface area contributed by atoms with Crippen molar-refractivity contribution in [3.05, 3.63) is 116 Å². The quantitative estimate of drug-likeness (QED) is 0.0591. The summed E-state index contributed by atoms with van der Waals surface area (Å²) in [7, 11) is -2.73. The zero-order valence-corrected chi connectivity index (χ0v) is 29.3. The van der Waals surface area contributed by atoms with Gasteiger partial charge in [-0.25, -0.2) is 9.59 Å². The van der Waals surface area contributed by atoms with E-state index in [-0.39, 0.29) is 46.1 Å². The van der Waals surface area contributed by atoms with Crippen LogP contribution in [0.2, 0.25) is 0 Å². The van der Waals surface area contributed by atoms with Crippen molar-refractivity contribution in [2.24, 2.45) is 5.41 Å². The molecule has 0 heterocycles. The predicted molar refractivity (Wildman–Crippen MR) is 195 cm³/mol. The second kappa shape index (κ2) is 20.7. The number of rotatable bonds is 23. The molecule has 0 aliphatic carbocycles. The van der Waals surface area contributed by atoms with Crippen LogP contribution in [-0.2, 0) is 28.5 Å². The molecule has 49 heavy (non-hydrogen) atoms. The van der Waals surface area contributed by atoms with Gasteiger partial charge in [-0.3, -0.25) is 0 Å². The first kappa shape index (κ1) is 39.7. The summed E-state index contributed by atoms with van der Waals surface area (Å²) in [6.45, 7) is 8.83. The van der Waals surface area contributed by atoms with E-state index in [9.17, 15) is 24.9 Å². The Bertz CT molecular complexity index is 1320. The number of carbonyl (C=O) groups excluding carboxylic acids is 2. The monoisotopic (exact) mass is 694 g/mol. The Morgan fingerprint density at radius 1 is 0.714 bits per heavy atom. The number of carbonyl (C=O) groups is 2. The second-order valence-electron chi connectivity index (χ2n) is 12.1. The van der Waals surface area contributed by atoms with E-state index in [1.807, 2.05) is 61.5 Å². The number of hydrogen-bond acceptors (Lipinski definition) is 9. The Morgan fingerprint density at radius 2 is 1.20 bits per heavy atom. The van der Waals surface area contributed by atoms with Crippen LogP contribution in [0.5, 0.6) is 0 Å². The Balaban J connectivity index is 1.79. The van der Waals surface area contributed by atoms with Crippen LogP contribution in [-0.4, -0.2) is 91.4 Å². The van der Waals surface area contributed by atoms with Gasteiger partial charge in [0.1, 0.15) is 0 Å². The van der Waals surface area contributed by atoms with Crippen LogP contribution in [0.25, 0.3) is 0 Å². The molecule has 0 aliphatic heterocycles. The van der Waals surface area contributed by atoms with Crippen LogP contribution in [0.1, 0.15) is 26.2 Å². The Morgan fingerprint density at radius 3 is 1.69 bits per heavy atom. The molecule has 0 saturated carbocycles. The first-order chi connectivity index (χ1) is 23.7. The van der Waals surface area contributed by atoms with Crippen molar-refractivity contribution >= 4 is 35.1 Å². The van der Waals surface area contributed by atoms with E-state index in [4.69, 9.17) is 18.9 Å². The molecular weight excluding hydrogens is 643 g/mol. The first-order valence-corrected chi connectivity index (χ1v) is 18.9. The Kier molecular flexibility index (Phi) is 16.8. The number of ether oxygens (including phenoxy) is 4. The van der Waals surface area contributed by atoms with E-state index >= 15 is 0 Å². The minimum Gasteiger partial charge on any atom is -0.247 e. The molecule has 3 aromatic rings. The molecular formula is C39H51O9P. The molecule has 0 aliphatic rings. The van der Waals surface area contributed by atoms with Crippen molar-refractivity contribution < 1.29 is 43.9 Å². The Labute approximate surface area is 290 Å². The van der Waals surface area contributed by atoms with Gasteiger partial charge in [0.05, 0.1) is 0 Å². The van der Waals surface area contributed by atoms with Gasteiger partial charge in [-0.1, -0.05) is 13.2 Å². The van der Waals surface area contributed by atoms with Crippen LogP contribution in [0, 0.1) is 5.41 Å². The summed E-state index contributed by atoms with van der Waals surface area (Å²) in [5.74, 6) is -1.19. The number of aliphatic hydroxyl groups excluding tert-OH is 3. The summed E-state index contributed by atoms with van der Waals surface area (Å²) in [6.07, 6.45) is 0.226. The predicted octanol–water partition coefficient (Wildman–Crippen LogP) is 3.46. The van der Waals surface area contributed by atoms with Gasteiger partial charge in [-0.2, -0.15) is 0 Å². The fourth-order valence-electron chi connectivity index (χ4n) is 5.99. The zero-order chi connectivity index (χ0) is 35.5. The maximum atomic E-state index is 11.7. The fraction of sp³-hybridized carbons (Fsp3) is 0.385. The molecule has 0 aromatic heterocycles. The summed E-state index contributed by atoms with van der Waals surface area (Å²) in [5.41, 5.74) is -0.965. The summed E-state index contributed by atoms with van der Waals surface area (Å²) in [4.78, 5) is 22.9. The molecule has 10 heteroatoms. The molecule has 0 spiro atoms. The van der Waals surface area contributed by atoms with Gasteiger partial charge in [0.2, 0.25) is 0 Å². The van der Waals surface area contributed by atoms with Crippen molar-refractivity contribution in [1.29, 1.82) is 0 Å². The smallest absolute Gasteiger partial charge is 0.247 e. The number of hydrogen-bond donors (Lipinski definition) is 3. The standard InChI is InChI=1S/C39H51O9P/c1-4-37(43)47-24-16-23-45-29-39(6-3,36(42)25-31(40)27-48-38(44)5-2)30-46-26-32(41)28-49(33-17-10-7-11-18-33,34-19-12-8-13-20-34)35-21-14-9-15-22-35/h4-5,7-15,17-22,31-32,36,40-42,49H,1-2,6,16,23-30H2,3H3. The summed E-state index contributed by atoms with van der Waals surface area (Å²) >= 11 is 0. The molecule has 3 rings (SSSR count). The molecule has 3 N–H and O–H groups in total. The third-order valence-electron chi connectivity index (χ3n) is 8.77. The van der Waals surface area contributed by atoms with Crippen molar-refractivity contribution in [3.63, 3.8) is 0 Å². The van der Waals surface area contributed by atoms with Gasteiger partial charge >= 0.3 is 256 Å². The minimum absolute atomic E-state index is 0.00667. The topological polar surface area (TPSA) is 132 Å². The van der Waals surface area contributed by atoms with Crippen LogP contribution in [0.15, 0.2) is 116 Å². The van der Waals surface area contributed by atoms with Gasteiger partial charge in [-0.15, -0.1) is 0 Å². The van der Waals surface area contributed by atoms with Crippen LogP contribution >= 0.6 is 7.26 Å². The number of esters is 2. The molecule has 9 nitrogen and oxygen atoms in total. The summed E-state index contributed by atoms with van der Waals surface area (Å²) in [5, 5.41) is 37.2. The van der Waals surface area contributed by atoms with E-state index in [1.54, 1.807) is 0 Å². The van der Waals surface area contributed by atoms with E-state index in [0.717, 1.165) is 12.2 Å². The molecule has 4 atom stereocenters. The summed E-state index contributed by atoms with van der Waals surface area (Å²) < 4.78 is 22.1. The van der Waals surface area contributed by atoms with Gasteiger partial charge in [-0.05, 0) is 0 Å². The van der Waals surface area contributed by atoms with Crippen molar-refractivity contribution in [2.75, 3.05) is 45.8 Å². The molecule has 0 bridgehead atoms. The van der Waals surface area contributed by atoms with Gasteiger partial charge in [0.25, 0.3) is 0 Å². The van der Waals surface area contributed by atoms with Crippen molar-refractivity contribution in [2.45, 2.75) is 44.5 Å². The average molecular weight is 695 g/mol. The van der Waals surface area contributed by atoms with Gasteiger partial charge in [0, 0.05) is 12.2 Å². The van der Waals surface area contributed by atoms with Crippen LogP contribution in [0.4, 0.5) is 0 Å². The average Bonchev–Trinajstić information content (AvgIpc) is 3.14. The zero-order valence-electron chi connectivity index (χ0n) is 28.3. The molecule has 0 radical (unpaired) electrons. The van der Waals surface area contributed by atoms with Crippen molar-refractivity contribution in [1.82, 2.24) is 0 Å². The van der Waals surface area contributed by atoms with Crippen molar-refractivity contribution in [3.8, 4) is 0 Å².